The molecule has 5 nitrogen and oxygen atoms in total. The van der Waals surface area contributed by atoms with Crippen molar-refractivity contribution in [2.45, 2.75) is 19.0 Å². The van der Waals surface area contributed by atoms with Gasteiger partial charge in [-0.2, -0.15) is 5.10 Å². The van der Waals surface area contributed by atoms with Gasteiger partial charge >= 0.3 is 0 Å². The second kappa shape index (κ2) is 3.85. The Morgan fingerprint density at radius 2 is 2.69 bits per heavy atom. The highest BCUT2D eigenvalue weighted by Gasteiger charge is 2.18. The van der Waals surface area contributed by atoms with Crippen LogP contribution >= 0.6 is 0 Å². The second-order valence-corrected chi connectivity index (χ2v) is 3.19. The van der Waals surface area contributed by atoms with Gasteiger partial charge in [0.1, 0.15) is 6.33 Å². The highest BCUT2D eigenvalue weighted by molar-refractivity contribution is 4.83. The lowest BCUT2D eigenvalue weighted by Crippen LogP contribution is -2.11. The SMILES string of the molecule is CNCc1ncn(C2CCOC2)n1. The third-order valence-corrected chi connectivity index (χ3v) is 2.17. The summed E-state index contributed by atoms with van der Waals surface area (Å²) in [5.74, 6) is 0.842. The molecule has 0 bridgehead atoms. The van der Waals surface area contributed by atoms with Crippen LogP contribution in [0.4, 0.5) is 0 Å². The first-order chi connectivity index (χ1) is 6.40. The van der Waals surface area contributed by atoms with E-state index in [2.05, 4.69) is 15.4 Å². The van der Waals surface area contributed by atoms with Crippen LogP contribution in [0.3, 0.4) is 0 Å². The molecule has 1 aromatic rings. The van der Waals surface area contributed by atoms with Gasteiger partial charge in [-0.15, -0.1) is 0 Å². The maximum Gasteiger partial charge on any atom is 0.164 e. The molecule has 0 aromatic carbocycles. The van der Waals surface area contributed by atoms with Crippen LogP contribution in [-0.4, -0.2) is 35.0 Å². The molecule has 1 aliphatic rings. The van der Waals surface area contributed by atoms with Crippen molar-refractivity contribution in [3.63, 3.8) is 0 Å². The summed E-state index contributed by atoms with van der Waals surface area (Å²) in [6.07, 6.45) is 2.83. The maximum absolute atomic E-state index is 5.28. The number of ether oxygens (including phenoxy) is 1. The summed E-state index contributed by atoms with van der Waals surface area (Å²) in [6.45, 7) is 2.33. The Kier molecular flexibility index (Phi) is 2.56. The van der Waals surface area contributed by atoms with Gasteiger partial charge in [-0.1, -0.05) is 0 Å². The van der Waals surface area contributed by atoms with Crippen LogP contribution in [0.25, 0.3) is 0 Å². The minimum absolute atomic E-state index is 0.387. The monoisotopic (exact) mass is 182 g/mol. The fourth-order valence-corrected chi connectivity index (χ4v) is 1.46. The predicted octanol–water partition coefficient (Wildman–Crippen LogP) is -0.0411. The van der Waals surface area contributed by atoms with Crippen LogP contribution in [0.1, 0.15) is 18.3 Å². The van der Waals surface area contributed by atoms with E-state index in [0.29, 0.717) is 6.04 Å². The molecule has 1 unspecified atom stereocenters. The summed E-state index contributed by atoms with van der Waals surface area (Å²) < 4.78 is 7.18. The molecule has 0 aliphatic carbocycles. The standard InChI is InChI=1S/C8H14N4O/c1-9-4-8-10-6-12(11-8)7-2-3-13-5-7/h6-7,9H,2-5H2,1H3. The molecule has 2 heterocycles. The number of hydrogen-bond acceptors (Lipinski definition) is 4. The summed E-state index contributed by atoms with van der Waals surface area (Å²) in [7, 11) is 1.89. The second-order valence-electron chi connectivity index (χ2n) is 3.19. The average Bonchev–Trinajstić information content (AvgIpc) is 2.70. The van der Waals surface area contributed by atoms with Crippen molar-refractivity contribution in [1.82, 2.24) is 20.1 Å². The molecule has 72 valence electrons. The summed E-state index contributed by atoms with van der Waals surface area (Å²) in [6, 6.07) is 0.387. The van der Waals surface area contributed by atoms with Crippen molar-refractivity contribution in [3.05, 3.63) is 12.2 Å². The Morgan fingerprint density at radius 3 is 3.38 bits per heavy atom. The van der Waals surface area contributed by atoms with Crippen molar-refractivity contribution in [2.75, 3.05) is 20.3 Å². The van der Waals surface area contributed by atoms with E-state index in [-0.39, 0.29) is 0 Å². The van der Waals surface area contributed by atoms with Crippen molar-refractivity contribution in [2.24, 2.45) is 0 Å². The molecule has 0 amide bonds. The van der Waals surface area contributed by atoms with Gasteiger partial charge in [-0.05, 0) is 13.5 Å². The summed E-state index contributed by atoms with van der Waals surface area (Å²) >= 11 is 0. The molecule has 1 atom stereocenters. The fourth-order valence-electron chi connectivity index (χ4n) is 1.46. The zero-order valence-corrected chi connectivity index (χ0v) is 7.73. The molecular formula is C8H14N4O. The number of nitrogens with one attached hydrogen (secondary N) is 1. The van der Waals surface area contributed by atoms with E-state index < -0.39 is 0 Å². The quantitative estimate of drug-likeness (QED) is 0.712. The highest BCUT2D eigenvalue weighted by Crippen LogP contribution is 2.16. The summed E-state index contributed by atoms with van der Waals surface area (Å²) in [4.78, 5) is 4.18. The molecule has 1 saturated heterocycles. The molecule has 1 fully saturated rings. The lowest BCUT2D eigenvalue weighted by Gasteiger charge is -2.05. The van der Waals surface area contributed by atoms with E-state index in [4.69, 9.17) is 4.74 Å². The van der Waals surface area contributed by atoms with Crippen LogP contribution in [0.15, 0.2) is 6.33 Å². The number of aromatic nitrogens is 3. The minimum Gasteiger partial charge on any atom is -0.379 e. The molecule has 1 aromatic heterocycles. The Hall–Kier alpha value is -0.940. The normalized spacial score (nSPS) is 22.4. The van der Waals surface area contributed by atoms with Gasteiger partial charge in [0.05, 0.1) is 19.2 Å². The Balaban J connectivity index is 2.03. The van der Waals surface area contributed by atoms with Gasteiger partial charge in [0.15, 0.2) is 5.82 Å². The van der Waals surface area contributed by atoms with Gasteiger partial charge in [-0.3, -0.25) is 0 Å². The first kappa shape index (κ1) is 8.65. The fraction of sp³-hybridized carbons (Fsp3) is 0.750. The van der Waals surface area contributed by atoms with Crippen LogP contribution in [0.5, 0.6) is 0 Å². The summed E-state index contributed by atoms with van der Waals surface area (Å²) in [5.41, 5.74) is 0. The van der Waals surface area contributed by atoms with E-state index in [9.17, 15) is 0 Å². The smallest absolute Gasteiger partial charge is 0.164 e. The molecule has 0 spiro atoms. The van der Waals surface area contributed by atoms with Gasteiger partial charge in [0, 0.05) is 6.61 Å². The van der Waals surface area contributed by atoms with E-state index in [1.165, 1.54) is 0 Å². The molecule has 1 aliphatic heterocycles. The van der Waals surface area contributed by atoms with Crippen LogP contribution < -0.4 is 5.32 Å². The molecule has 1 N–H and O–H groups in total. The van der Waals surface area contributed by atoms with Crippen molar-refractivity contribution < 1.29 is 4.74 Å². The van der Waals surface area contributed by atoms with Gasteiger partial charge in [-0.25, -0.2) is 9.67 Å². The summed E-state index contributed by atoms with van der Waals surface area (Å²) in [5, 5.41) is 7.36. The lowest BCUT2D eigenvalue weighted by atomic mass is 10.3. The van der Waals surface area contributed by atoms with E-state index in [1.54, 1.807) is 6.33 Å². The van der Waals surface area contributed by atoms with Crippen molar-refractivity contribution in [1.29, 1.82) is 0 Å². The first-order valence-electron chi connectivity index (χ1n) is 4.52. The van der Waals surface area contributed by atoms with E-state index in [0.717, 1.165) is 32.0 Å². The average molecular weight is 182 g/mol. The molecule has 5 heteroatoms. The Bertz CT molecular complexity index is 267. The predicted molar refractivity (Wildman–Crippen MR) is 47.3 cm³/mol. The van der Waals surface area contributed by atoms with Crippen LogP contribution in [0, 0.1) is 0 Å². The zero-order chi connectivity index (χ0) is 9.10. The molecular weight excluding hydrogens is 168 g/mol. The van der Waals surface area contributed by atoms with Crippen molar-refractivity contribution in [3.8, 4) is 0 Å². The molecule has 13 heavy (non-hydrogen) atoms. The van der Waals surface area contributed by atoms with Gasteiger partial charge in [0.2, 0.25) is 0 Å². The lowest BCUT2D eigenvalue weighted by molar-refractivity contribution is 0.184. The third kappa shape index (κ3) is 1.87. The van der Waals surface area contributed by atoms with Crippen molar-refractivity contribution >= 4 is 0 Å². The zero-order valence-electron chi connectivity index (χ0n) is 7.73. The largest absolute Gasteiger partial charge is 0.379 e. The van der Waals surface area contributed by atoms with E-state index >= 15 is 0 Å². The first-order valence-corrected chi connectivity index (χ1v) is 4.52. The Labute approximate surface area is 77.1 Å². The topological polar surface area (TPSA) is 52.0 Å². The van der Waals surface area contributed by atoms with Gasteiger partial charge in [0.25, 0.3) is 0 Å². The van der Waals surface area contributed by atoms with Gasteiger partial charge < -0.3 is 10.1 Å². The maximum atomic E-state index is 5.28. The third-order valence-electron chi connectivity index (χ3n) is 2.17. The highest BCUT2D eigenvalue weighted by atomic mass is 16.5. The minimum atomic E-state index is 0.387. The molecule has 0 saturated carbocycles. The molecule has 0 radical (unpaired) electrons. The Morgan fingerprint density at radius 1 is 1.77 bits per heavy atom. The number of hydrogen-bond donors (Lipinski definition) is 1. The van der Waals surface area contributed by atoms with Crippen LogP contribution in [-0.2, 0) is 11.3 Å². The van der Waals surface area contributed by atoms with E-state index in [1.807, 2.05) is 11.7 Å². The molecule has 2 rings (SSSR count). The van der Waals surface area contributed by atoms with Crippen LogP contribution in [0.2, 0.25) is 0 Å². The number of rotatable bonds is 3. The number of nitrogens with zero attached hydrogens (tertiary/aromatic N) is 3.